The smallest absolute Gasteiger partial charge is 0.301 e. The van der Waals surface area contributed by atoms with Crippen LogP contribution >= 0.6 is 11.3 Å². The SMILES string of the molecule is CCOc1ccc2nc(N3C(=O)C(=O)/C(=C(/O)c4ccccc4)C3c3ccc(C(C)(C)C)cc3)sc2c1. The number of aliphatic hydroxyl groups excluding tert-OH is 1. The van der Waals surface area contributed by atoms with Crippen LogP contribution < -0.4 is 9.64 Å². The fourth-order valence-corrected chi connectivity index (χ4v) is 5.54. The van der Waals surface area contributed by atoms with Crippen molar-refractivity contribution in [3.63, 3.8) is 0 Å². The van der Waals surface area contributed by atoms with E-state index in [0.717, 1.165) is 15.8 Å². The quantitative estimate of drug-likeness (QED) is 0.185. The summed E-state index contributed by atoms with van der Waals surface area (Å²) in [7, 11) is 0. The van der Waals surface area contributed by atoms with Crippen molar-refractivity contribution < 1.29 is 19.4 Å². The molecule has 3 aromatic carbocycles. The lowest BCUT2D eigenvalue weighted by Gasteiger charge is -2.24. The number of hydrogen-bond acceptors (Lipinski definition) is 6. The van der Waals surface area contributed by atoms with Gasteiger partial charge in [0.25, 0.3) is 5.78 Å². The van der Waals surface area contributed by atoms with Crippen LogP contribution in [-0.2, 0) is 15.0 Å². The van der Waals surface area contributed by atoms with E-state index in [1.54, 1.807) is 24.3 Å². The molecule has 1 unspecified atom stereocenters. The normalized spacial score (nSPS) is 17.5. The van der Waals surface area contributed by atoms with Crippen molar-refractivity contribution in [2.24, 2.45) is 0 Å². The van der Waals surface area contributed by atoms with E-state index in [9.17, 15) is 14.7 Å². The van der Waals surface area contributed by atoms with Crippen LogP contribution in [0.5, 0.6) is 5.75 Å². The van der Waals surface area contributed by atoms with Gasteiger partial charge in [0.1, 0.15) is 11.5 Å². The Balaban J connectivity index is 1.69. The van der Waals surface area contributed by atoms with Gasteiger partial charge in [-0.3, -0.25) is 14.5 Å². The molecular weight excluding hydrogens is 484 g/mol. The molecule has 1 aliphatic rings. The second kappa shape index (κ2) is 9.48. The van der Waals surface area contributed by atoms with Crippen molar-refractivity contribution in [1.82, 2.24) is 4.98 Å². The molecule has 37 heavy (non-hydrogen) atoms. The molecule has 4 aromatic rings. The molecule has 1 aliphatic heterocycles. The summed E-state index contributed by atoms with van der Waals surface area (Å²) in [5, 5.41) is 11.7. The molecule has 0 radical (unpaired) electrons. The number of hydrogen-bond donors (Lipinski definition) is 1. The fraction of sp³-hybridized carbons (Fsp3) is 0.233. The van der Waals surface area contributed by atoms with E-state index in [-0.39, 0.29) is 16.7 Å². The summed E-state index contributed by atoms with van der Waals surface area (Å²) in [6.07, 6.45) is 0. The molecule has 1 aromatic heterocycles. The van der Waals surface area contributed by atoms with Gasteiger partial charge in [0.15, 0.2) is 5.13 Å². The number of rotatable bonds is 5. The van der Waals surface area contributed by atoms with Crippen LogP contribution in [-0.4, -0.2) is 28.4 Å². The van der Waals surface area contributed by atoms with Crippen LogP contribution in [0.3, 0.4) is 0 Å². The molecular formula is C30H28N2O4S. The van der Waals surface area contributed by atoms with Crippen LogP contribution in [0, 0.1) is 0 Å². The number of anilines is 1. The molecule has 5 rings (SSSR count). The van der Waals surface area contributed by atoms with E-state index in [1.165, 1.54) is 16.2 Å². The van der Waals surface area contributed by atoms with Gasteiger partial charge in [-0.1, -0.05) is 86.7 Å². The highest BCUT2D eigenvalue weighted by Gasteiger charge is 2.48. The van der Waals surface area contributed by atoms with Crippen molar-refractivity contribution in [3.05, 3.63) is 95.1 Å². The van der Waals surface area contributed by atoms with Crippen LogP contribution in [0.25, 0.3) is 16.0 Å². The van der Waals surface area contributed by atoms with Gasteiger partial charge in [-0.2, -0.15) is 0 Å². The zero-order chi connectivity index (χ0) is 26.3. The van der Waals surface area contributed by atoms with Crippen LogP contribution in [0.4, 0.5) is 5.13 Å². The van der Waals surface area contributed by atoms with Gasteiger partial charge in [0.2, 0.25) is 0 Å². The van der Waals surface area contributed by atoms with E-state index in [4.69, 9.17) is 9.72 Å². The minimum absolute atomic E-state index is 0.0500. The lowest BCUT2D eigenvalue weighted by molar-refractivity contribution is -0.132. The number of carbonyl (C=O) groups excluding carboxylic acids is 2. The predicted molar refractivity (Wildman–Crippen MR) is 147 cm³/mol. The van der Waals surface area contributed by atoms with Crippen LogP contribution in [0.15, 0.2) is 78.4 Å². The summed E-state index contributed by atoms with van der Waals surface area (Å²) in [4.78, 5) is 33.0. The molecule has 7 heteroatoms. The predicted octanol–water partition coefficient (Wildman–Crippen LogP) is 6.62. The molecule has 0 saturated carbocycles. The number of Topliss-reactive ketones (excluding diaryl/α,β-unsaturated/α-hetero) is 1. The first-order valence-electron chi connectivity index (χ1n) is 12.2. The number of carbonyl (C=O) groups is 2. The third-order valence-corrected chi connectivity index (χ3v) is 7.47. The molecule has 0 spiro atoms. The van der Waals surface area contributed by atoms with Crippen molar-refractivity contribution >= 4 is 44.1 Å². The van der Waals surface area contributed by atoms with Crippen molar-refractivity contribution in [2.45, 2.75) is 39.2 Å². The van der Waals surface area contributed by atoms with E-state index < -0.39 is 17.7 Å². The number of aromatic nitrogens is 1. The molecule has 2 heterocycles. The second-order valence-electron chi connectivity index (χ2n) is 9.97. The average molecular weight is 513 g/mol. The van der Waals surface area contributed by atoms with E-state index in [2.05, 4.69) is 20.8 Å². The van der Waals surface area contributed by atoms with Gasteiger partial charge >= 0.3 is 5.91 Å². The van der Waals surface area contributed by atoms with Crippen molar-refractivity contribution in [2.75, 3.05) is 11.5 Å². The molecule has 6 nitrogen and oxygen atoms in total. The van der Waals surface area contributed by atoms with E-state index >= 15 is 0 Å². The molecule has 0 bridgehead atoms. The maximum absolute atomic E-state index is 13.5. The van der Waals surface area contributed by atoms with Gasteiger partial charge in [0, 0.05) is 5.56 Å². The minimum atomic E-state index is -0.818. The van der Waals surface area contributed by atoms with Gasteiger partial charge in [0.05, 0.1) is 28.4 Å². The number of benzene rings is 3. The molecule has 1 atom stereocenters. The molecule has 188 valence electrons. The summed E-state index contributed by atoms with van der Waals surface area (Å²) < 4.78 is 6.46. The van der Waals surface area contributed by atoms with Gasteiger partial charge in [-0.15, -0.1) is 0 Å². The number of aliphatic hydroxyl groups is 1. The third-order valence-electron chi connectivity index (χ3n) is 6.45. The monoisotopic (exact) mass is 512 g/mol. The Morgan fingerprint density at radius 2 is 1.73 bits per heavy atom. The first-order valence-corrected chi connectivity index (χ1v) is 13.0. The maximum atomic E-state index is 13.5. The highest BCUT2D eigenvalue weighted by molar-refractivity contribution is 7.22. The Hall–Kier alpha value is -3.97. The third kappa shape index (κ3) is 4.51. The highest BCUT2D eigenvalue weighted by atomic mass is 32.1. The summed E-state index contributed by atoms with van der Waals surface area (Å²) in [6, 6.07) is 21.4. The topological polar surface area (TPSA) is 79.7 Å². The second-order valence-corrected chi connectivity index (χ2v) is 11.0. The van der Waals surface area contributed by atoms with Crippen molar-refractivity contribution in [3.8, 4) is 5.75 Å². The Morgan fingerprint density at radius 3 is 2.38 bits per heavy atom. The standard InChI is InChI=1S/C30H28N2O4S/c1-5-36-21-15-16-22-23(17-21)37-29(31-22)32-25(18-11-13-20(14-12-18)30(2,3)4)24(27(34)28(32)35)26(33)19-9-7-6-8-10-19/h6-17,25,33H,5H2,1-4H3/b26-24+. The summed E-state index contributed by atoms with van der Waals surface area (Å²) in [6.45, 7) is 8.83. The Morgan fingerprint density at radius 1 is 1.03 bits per heavy atom. The van der Waals surface area contributed by atoms with Gasteiger partial charge in [-0.05, 0) is 41.7 Å². The number of ether oxygens (including phenoxy) is 1. The number of amides is 1. The summed E-state index contributed by atoms with van der Waals surface area (Å²) in [5.74, 6) is -0.941. The Kier molecular flexibility index (Phi) is 6.33. The van der Waals surface area contributed by atoms with Crippen LogP contribution in [0.1, 0.15) is 50.4 Å². The molecule has 0 aliphatic carbocycles. The largest absolute Gasteiger partial charge is 0.507 e. The van der Waals surface area contributed by atoms with Crippen molar-refractivity contribution in [1.29, 1.82) is 0 Å². The van der Waals surface area contributed by atoms with Gasteiger partial charge < -0.3 is 9.84 Å². The molecule has 1 N–H and O–H groups in total. The van der Waals surface area contributed by atoms with Crippen LogP contribution in [0.2, 0.25) is 0 Å². The first kappa shape index (κ1) is 24.7. The number of thiazole rings is 1. The fourth-order valence-electron chi connectivity index (χ4n) is 4.51. The highest BCUT2D eigenvalue weighted by Crippen LogP contribution is 2.45. The summed E-state index contributed by atoms with van der Waals surface area (Å²) in [5.41, 5.74) is 3.01. The molecule has 1 amide bonds. The lowest BCUT2D eigenvalue weighted by atomic mass is 9.85. The molecule has 1 fully saturated rings. The number of nitrogens with zero attached hydrogens (tertiary/aromatic N) is 2. The first-order chi connectivity index (χ1) is 17.7. The Bertz CT molecular complexity index is 1510. The number of ketones is 1. The minimum Gasteiger partial charge on any atom is -0.507 e. The lowest BCUT2D eigenvalue weighted by Crippen LogP contribution is -2.29. The van der Waals surface area contributed by atoms with E-state index in [0.29, 0.717) is 28.6 Å². The van der Waals surface area contributed by atoms with E-state index in [1.807, 2.05) is 55.5 Å². The molecule has 1 saturated heterocycles. The summed E-state index contributed by atoms with van der Waals surface area (Å²) >= 11 is 1.31. The van der Waals surface area contributed by atoms with Gasteiger partial charge in [-0.25, -0.2) is 4.98 Å². The maximum Gasteiger partial charge on any atom is 0.301 e. The Labute approximate surface area is 219 Å². The average Bonchev–Trinajstić information content (AvgIpc) is 3.41. The zero-order valence-corrected chi connectivity index (χ0v) is 22.0. The zero-order valence-electron chi connectivity index (χ0n) is 21.2. The number of fused-ring (bicyclic) bond motifs is 1.